The third kappa shape index (κ3) is 4.41. The van der Waals surface area contributed by atoms with Crippen LogP contribution in [0, 0.1) is 50.2 Å². The van der Waals surface area contributed by atoms with Crippen molar-refractivity contribution in [1.29, 1.82) is 0 Å². The van der Waals surface area contributed by atoms with Crippen molar-refractivity contribution in [2.45, 2.75) is 106 Å². The topological polar surface area (TPSA) is 104 Å². The Morgan fingerprint density at radius 3 is 2.33 bits per heavy atom. The van der Waals surface area contributed by atoms with E-state index in [1.54, 1.807) is 12.1 Å². The number of fused-ring (bicyclic) bond motifs is 7. The number of carboxylic acids is 1. The van der Waals surface area contributed by atoms with E-state index in [1.807, 2.05) is 19.1 Å². The lowest BCUT2D eigenvalue weighted by molar-refractivity contribution is -0.191. The summed E-state index contributed by atoms with van der Waals surface area (Å²) < 4.78 is 6.05. The molecule has 0 amide bonds. The number of aliphatic carboxylic acids is 1. The number of halogens is 1. The molecule has 4 saturated carbocycles. The van der Waals surface area contributed by atoms with Crippen LogP contribution in [-0.2, 0) is 9.59 Å². The Balaban J connectivity index is 1.46. The fraction of sp³-hybridized carbons (Fsp3) is 0.684. The summed E-state index contributed by atoms with van der Waals surface area (Å²) in [5.74, 6) is -0.139. The summed E-state index contributed by atoms with van der Waals surface area (Å²) in [5.41, 5.74) is 0.705. The van der Waals surface area contributed by atoms with Gasteiger partial charge in [0.2, 0.25) is 0 Å². The summed E-state index contributed by atoms with van der Waals surface area (Å²) in [6, 6.07) is 3.39. The van der Waals surface area contributed by atoms with Crippen molar-refractivity contribution in [3.05, 3.63) is 39.4 Å². The van der Waals surface area contributed by atoms with E-state index in [4.69, 9.17) is 4.74 Å². The molecule has 7 heteroatoms. The molecule has 0 heterocycles. The predicted octanol–water partition coefficient (Wildman–Crippen LogP) is 8.58. The van der Waals surface area contributed by atoms with Crippen molar-refractivity contribution in [1.82, 2.24) is 0 Å². The first-order valence-corrected chi connectivity index (χ1v) is 17.5. The molecule has 0 saturated heterocycles. The van der Waals surface area contributed by atoms with E-state index in [-0.39, 0.29) is 45.5 Å². The first kappa shape index (κ1) is 32.8. The van der Waals surface area contributed by atoms with Gasteiger partial charge in [-0.3, -0.25) is 9.59 Å². The number of methoxy groups -OCH3 is 1. The van der Waals surface area contributed by atoms with E-state index in [1.165, 1.54) is 12.7 Å². The molecular weight excluding hydrogens is 632 g/mol. The number of hydrogen-bond donors (Lipinski definition) is 3. The second kappa shape index (κ2) is 10.2. The molecular formula is C38H51BrO6. The fourth-order valence-corrected chi connectivity index (χ4v) is 12.0. The summed E-state index contributed by atoms with van der Waals surface area (Å²) >= 11 is 3.63. The number of aromatic hydroxyl groups is 1. The number of aliphatic hydroxyl groups excluding tert-OH is 1. The molecule has 6 nitrogen and oxygen atoms in total. The molecule has 0 aromatic heterocycles. The van der Waals surface area contributed by atoms with E-state index in [2.05, 4.69) is 57.5 Å². The van der Waals surface area contributed by atoms with Crippen molar-refractivity contribution in [3.63, 3.8) is 0 Å². The molecule has 1 aromatic carbocycles. The van der Waals surface area contributed by atoms with E-state index in [9.17, 15) is 24.9 Å². The Bertz CT molecular complexity index is 1530. The maximum Gasteiger partial charge on any atom is 0.309 e. The molecule has 5 aliphatic carbocycles. The van der Waals surface area contributed by atoms with Crippen LogP contribution in [0.1, 0.15) is 105 Å². The van der Waals surface area contributed by atoms with Crippen LogP contribution in [0.4, 0.5) is 0 Å². The van der Waals surface area contributed by atoms with Crippen molar-refractivity contribution in [3.8, 4) is 11.5 Å². The predicted molar refractivity (Wildman–Crippen MR) is 179 cm³/mol. The second-order valence-electron chi connectivity index (χ2n) is 17.2. The van der Waals surface area contributed by atoms with Gasteiger partial charge in [-0.15, -0.1) is 0 Å². The highest BCUT2D eigenvalue weighted by Gasteiger charge is 2.70. The molecule has 0 spiro atoms. The number of rotatable bonds is 3. The standard InChI is InChI=1S/C38H51BrO6/c1-33(2)29-9-10-38(7)30(36(29,5)19-22(31(33)42)15-21-16-26(40)28(45-8)18-25(21)39)27(41)17-23-24-20-35(4,32(43)44)12-11-34(24,3)13-14-37(23,38)6/h15-18,24,29-31,40,42H,9-14,19-20H2,1-8H3,(H,43,44)/b22-15+/t24-,29-,30+,31-,34+,35-,36-,37+,38+/m0/s1. The van der Waals surface area contributed by atoms with Gasteiger partial charge in [0.25, 0.3) is 0 Å². The van der Waals surface area contributed by atoms with Crippen LogP contribution in [0.2, 0.25) is 0 Å². The lowest BCUT2D eigenvalue weighted by Crippen LogP contribution is -2.67. The van der Waals surface area contributed by atoms with Crippen LogP contribution in [0.15, 0.2) is 33.8 Å². The van der Waals surface area contributed by atoms with Crippen molar-refractivity contribution < 1.29 is 29.6 Å². The number of phenols is 1. The molecule has 0 radical (unpaired) electrons. The molecule has 3 N–H and O–H groups in total. The Morgan fingerprint density at radius 2 is 1.69 bits per heavy atom. The van der Waals surface area contributed by atoms with Crippen LogP contribution in [-0.4, -0.2) is 40.3 Å². The highest BCUT2D eigenvalue weighted by atomic mass is 79.9. The third-order valence-corrected chi connectivity index (χ3v) is 15.2. The van der Waals surface area contributed by atoms with Crippen molar-refractivity contribution in [2.24, 2.45) is 50.2 Å². The number of hydrogen-bond acceptors (Lipinski definition) is 5. The number of carboxylic acid groups (broad SMARTS) is 1. The van der Waals surface area contributed by atoms with Gasteiger partial charge in [-0.1, -0.05) is 69.1 Å². The zero-order chi connectivity index (χ0) is 33.1. The van der Waals surface area contributed by atoms with Crippen LogP contribution in [0.3, 0.4) is 0 Å². The lowest BCUT2D eigenvalue weighted by Gasteiger charge is -2.70. The van der Waals surface area contributed by atoms with Gasteiger partial charge in [0.1, 0.15) is 0 Å². The smallest absolute Gasteiger partial charge is 0.309 e. The van der Waals surface area contributed by atoms with E-state index >= 15 is 0 Å². The van der Waals surface area contributed by atoms with Crippen LogP contribution in [0.5, 0.6) is 11.5 Å². The molecule has 45 heavy (non-hydrogen) atoms. The maximum atomic E-state index is 14.8. The van der Waals surface area contributed by atoms with Gasteiger partial charge in [-0.05, 0) is 127 Å². The molecule has 0 bridgehead atoms. The van der Waals surface area contributed by atoms with Crippen LogP contribution < -0.4 is 4.74 Å². The first-order valence-electron chi connectivity index (χ1n) is 16.7. The number of carbonyl (C=O) groups is 2. The van der Waals surface area contributed by atoms with Gasteiger partial charge >= 0.3 is 5.97 Å². The maximum absolute atomic E-state index is 14.8. The number of phenolic OH excluding ortho intramolecular Hbond substituents is 1. The van der Waals surface area contributed by atoms with Gasteiger partial charge in [-0.2, -0.15) is 0 Å². The monoisotopic (exact) mass is 682 g/mol. The highest BCUT2D eigenvalue weighted by molar-refractivity contribution is 9.10. The zero-order valence-corrected chi connectivity index (χ0v) is 29.8. The van der Waals surface area contributed by atoms with Gasteiger partial charge in [0.05, 0.1) is 18.6 Å². The molecule has 6 rings (SSSR count). The molecule has 0 unspecified atom stereocenters. The van der Waals surface area contributed by atoms with Crippen molar-refractivity contribution >= 4 is 33.8 Å². The molecule has 9 atom stereocenters. The summed E-state index contributed by atoms with van der Waals surface area (Å²) in [6.45, 7) is 15.5. The number of benzene rings is 1. The van der Waals surface area contributed by atoms with Crippen molar-refractivity contribution in [2.75, 3.05) is 7.11 Å². The summed E-state index contributed by atoms with van der Waals surface area (Å²) in [7, 11) is 1.52. The Labute approximate surface area is 276 Å². The average molecular weight is 684 g/mol. The quantitative estimate of drug-likeness (QED) is 0.295. The highest BCUT2D eigenvalue weighted by Crippen LogP contribution is 2.75. The number of ether oxygens (including phenoxy) is 1. The number of allylic oxidation sites excluding steroid dienone is 2. The molecule has 1 aromatic rings. The largest absolute Gasteiger partial charge is 0.504 e. The van der Waals surface area contributed by atoms with E-state index < -0.39 is 28.3 Å². The summed E-state index contributed by atoms with van der Waals surface area (Å²) in [4.78, 5) is 27.2. The minimum Gasteiger partial charge on any atom is -0.504 e. The SMILES string of the molecule is COc1cc(Br)c(/C=C2\C[C@]3(C)[C@H]4C(=O)C=C5[C@@H]6C[C@@](C)(C(=O)O)CC[C@]6(C)CC[C@@]5(C)[C@]4(C)CC[C@H]3C(C)(C)[C@H]2O)cc1O. The number of aliphatic hydroxyl groups is 1. The Kier molecular flexibility index (Phi) is 7.43. The Hall–Kier alpha value is -2.12. The molecule has 5 aliphatic rings. The Morgan fingerprint density at radius 1 is 1.02 bits per heavy atom. The molecule has 4 fully saturated rings. The van der Waals surface area contributed by atoms with Gasteiger partial charge in [-0.25, -0.2) is 0 Å². The summed E-state index contributed by atoms with van der Waals surface area (Å²) in [6.07, 6.45) is 9.89. The first-order chi connectivity index (χ1) is 20.8. The van der Waals surface area contributed by atoms with Gasteiger partial charge < -0.3 is 20.1 Å². The summed E-state index contributed by atoms with van der Waals surface area (Å²) in [5, 5.41) is 32.6. The number of carbonyl (C=O) groups excluding carboxylic acids is 1. The third-order valence-electron chi connectivity index (χ3n) is 14.5. The molecule has 246 valence electrons. The fourth-order valence-electron chi connectivity index (χ4n) is 11.6. The van der Waals surface area contributed by atoms with Crippen LogP contribution in [0.25, 0.3) is 6.08 Å². The van der Waals surface area contributed by atoms with Gasteiger partial charge in [0, 0.05) is 10.4 Å². The minimum atomic E-state index is -0.777. The lowest BCUT2D eigenvalue weighted by atomic mass is 9.33. The normalized spacial score (nSPS) is 44.6. The second-order valence-corrected chi connectivity index (χ2v) is 18.1. The van der Waals surface area contributed by atoms with E-state index in [0.29, 0.717) is 25.0 Å². The van der Waals surface area contributed by atoms with E-state index in [0.717, 1.165) is 47.7 Å². The molecule has 0 aliphatic heterocycles. The van der Waals surface area contributed by atoms with Gasteiger partial charge in [0.15, 0.2) is 17.3 Å². The minimum absolute atomic E-state index is 0.00897. The average Bonchev–Trinajstić information content (AvgIpc) is 2.95. The van der Waals surface area contributed by atoms with Crippen LogP contribution >= 0.6 is 15.9 Å². The number of ketones is 1. The zero-order valence-electron chi connectivity index (χ0n) is 28.2.